The number of ether oxygens (including phenoxy) is 1. The van der Waals surface area contributed by atoms with Gasteiger partial charge in [-0.15, -0.1) is 0 Å². The van der Waals surface area contributed by atoms with E-state index in [1.165, 1.54) is 18.2 Å². The van der Waals surface area contributed by atoms with Crippen molar-refractivity contribution in [2.24, 2.45) is 5.73 Å². The third-order valence-electron chi connectivity index (χ3n) is 2.82. The van der Waals surface area contributed by atoms with Crippen molar-refractivity contribution < 1.29 is 17.9 Å². The third-order valence-corrected chi connectivity index (χ3v) is 2.82. The van der Waals surface area contributed by atoms with Gasteiger partial charge >= 0.3 is 6.18 Å². The van der Waals surface area contributed by atoms with Crippen molar-refractivity contribution in [2.45, 2.75) is 18.8 Å². The Bertz CT molecular complexity index is 555. The second-order valence-electron chi connectivity index (χ2n) is 4.37. The Kier molecular flexibility index (Phi) is 4.29. The van der Waals surface area contributed by atoms with Crippen LogP contribution < -0.4 is 10.5 Å². The van der Waals surface area contributed by atoms with E-state index in [1.807, 2.05) is 30.3 Å². The van der Waals surface area contributed by atoms with Crippen LogP contribution in [-0.4, -0.2) is 6.18 Å². The number of hydrogen-bond donors (Lipinski definition) is 1. The van der Waals surface area contributed by atoms with Crippen LogP contribution >= 0.6 is 0 Å². The fourth-order valence-electron chi connectivity index (χ4n) is 1.73. The quantitative estimate of drug-likeness (QED) is 0.924. The van der Waals surface area contributed by atoms with E-state index in [0.717, 1.165) is 5.56 Å². The van der Waals surface area contributed by atoms with E-state index >= 15 is 0 Å². The van der Waals surface area contributed by atoms with Crippen LogP contribution in [0, 0.1) is 0 Å². The van der Waals surface area contributed by atoms with Gasteiger partial charge in [0.15, 0.2) is 0 Å². The second-order valence-corrected chi connectivity index (χ2v) is 4.37. The molecule has 5 heteroatoms. The molecule has 2 aromatic rings. The van der Waals surface area contributed by atoms with Gasteiger partial charge < -0.3 is 10.5 Å². The monoisotopic (exact) mass is 281 g/mol. The molecular weight excluding hydrogens is 267 g/mol. The lowest BCUT2D eigenvalue weighted by molar-refractivity contribution is -0.149. The summed E-state index contributed by atoms with van der Waals surface area (Å²) in [4.78, 5) is 0. The van der Waals surface area contributed by atoms with E-state index < -0.39 is 12.2 Å². The van der Waals surface area contributed by atoms with Crippen molar-refractivity contribution in [3.63, 3.8) is 0 Å². The van der Waals surface area contributed by atoms with Crippen LogP contribution in [0.2, 0.25) is 0 Å². The smallest absolute Gasteiger partial charge is 0.407 e. The molecule has 2 rings (SSSR count). The zero-order chi connectivity index (χ0) is 14.6. The van der Waals surface area contributed by atoms with E-state index in [1.54, 1.807) is 6.07 Å². The van der Waals surface area contributed by atoms with Crippen molar-refractivity contribution in [2.75, 3.05) is 0 Å². The Labute approximate surface area is 115 Å². The maximum atomic E-state index is 12.6. The molecule has 0 saturated carbocycles. The van der Waals surface area contributed by atoms with E-state index in [0.29, 0.717) is 12.4 Å². The number of alkyl halides is 3. The summed E-state index contributed by atoms with van der Waals surface area (Å²) in [6.45, 7) is 0.297. The molecule has 2 aromatic carbocycles. The maximum Gasteiger partial charge on any atom is 0.407 e. The molecular formula is C15H14F3NO. The predicted molar refractivity (Wildman–Crippen MR) is 70.2 cm³/mol. The Hall–Kier alpha value is -2.01. The van der Waals surface area contributed by atoms with Crippen LogP contribution in [-0.2, 0) is 6.61 Å². The van der Waals surface area contributed by atoms with E-state index in [9.17, 15) is 13.2 Å². The third kappa shape index (κ3) is 3.74. The van der Waals surface area contributed by atoms with Crippen LogP contribution in [0.15, 0.2) is 54.6 Å². The van der Waals surface area contributed by atoms with Crippen LogP contribution in [0.1, 0.15) is 17.2 Å². The topological polar surface area (TPSA) is 35.2 Å². The first-order valence-electron chi connectivity index (χ1n) is 6.06. The minimum absolute atomic E-state index is 0.0111. The molecule has 0 radical (unpaired) electrons. The van der Waals surface area contributed by atoms with Gasteiger partial charge in [0.2, 0.25) is 0 Å². The van der Waals surface area contributed by atoms with Crippen LogP contribution in [0.4, 0.5) is 13.2 Å². The minimum Gasteiger partial charge on any atom is -0.489 e. The zero-order valence-corrected chi connectivity index (χ0v) is 10.6. The standard InChI is InChI=1S/C15H14F3NO/c16-15(17,18)14(19)12-7-4-8-13(9-12)20-10-11-5-2-1-3-6-11/h1-9,14H,10,19H2/t14-/m0/s1. The molecule has 2 nitrogen and oxygen atoms in total. The molecule has 0 spiro atoms. The highest BCUT2D eigenvalue weighted by atomic mass is 19.4. The molecule has 20 heavy (non-hydrogen) atoms. The molecule has 1 atom stereocenters. The summed E-state index contributed by atoms with van der Waals surface area (Å²) in [7, 11) is 0. The summed E-state index contributed by atoms with van der Waals surface area (Å²) in [5.41, 5.74) is 6.10. The molecule has 0 aliphatic carbocycles. The fourth-order valence-corrected chi connectivity index (χ4v) is 1.73. The molecule has 0 fully saturated rings. The van der Waals surface area contributed by atoms with Gasteiger partial charge in [-0.25, -0.2) is 0 Å². The molecule has 0 heterocycles. The van der Waals surface area contributed by atoms with E-state index in [2.05, 4.69) is 0 Å². The van der Waals surface area contributed by atoms with Gasteiger partial charge in [0.1, 0.15) is 18.4 Å². The van der Waals surface area contributed by atoms with Gasteiger partial charge in [-0.1, -0.05) is 42.5 Å². The van der Waals surface area contributed by atoms with Gasteiger partial charge in [-0.05, 0) is 23.3 Å². The molecule has 0 unspecified atom stereocenters. The lowest BCUT2D eigenvalue weighted by atomic mass is 10.1. The molecule has 0 bridgehead atoms. The number of nitrogens with two attached hydrogens (primary N) is 1. The van der Waals surface area contributed by atoms with Crippen molar-refractivity contribution in [3.05, 3.63) is 65.7 Å². The molecule has 0 amide bonds. The number of rotatable bonds is 4. The molecule has 106 valence electrons. The Morgan fingerprint density at radius 2 is 1.70 bits per heavy atom. The maximum absolute atomic E-state index is 12.6. The Balaban J connectivity index is 2.07. The summed E-state index contributed by atoms with van der Waals surface area (Å²) < 4.78 is 43.1. The van der Waals surface area contributed by atoms with Crippen molar-refractivity contribution in [1.29, 1.82) is 0 Å². The van der Waals surface area contributed by atoms with Crippen molar-refractivity contribution in [3.8, 4) is 5.75 Å². The first-order chi connectivity index (χ1) is 9.47. The number of benzene rings is 2. The normalized spacial score (nSPS) is 13.0. The molecule has 0 aliphatic rings. The first kappa shape index (κ1) is 14.4. The average molecular weight is 281 g/mol. The van der Waals surface area contributed by atoms with Gasteiger partial charge in [0.05, 0.1) is 0 Å². The van der Waals surface area contributed by atoms with Gasteiger partial charge in [-0.2, -0.15) is 13.2 Å². The molecule has 0 aromatic heterocycles. The van der Waals surface area contributed by atoms with Crippen molar-refractivity contribution in [1.82, 2.24) is 0 Å². The highest BCUT2D eigenvalue weighted by Crippen LogP contribution is 2.31. The predicted octanol–water partition coefficient (Wildman–Crippen LogP) is 3.83. The van der Waals surface area contributed by atoms with Crippen LogP contribution in [0.3, 0.4) is 0 Å². The van der Waals surface area contributed by atoms with Crippen molar-refractivity contribution >= 4 is 0 Å². The van der Waals surface area contributed by atoms with E-state index in [4.69, 9.17) is 10.5 Å². The van der Waals surface area contributed by atoms with Gasteiger partial charge in [0, 0.05) is 0 Å². The lowest BCUT2D eigenvalue weighted by Gasteiger charge is -2.16. The Morgan fingerprint density at radius 1 is 1.00 bits per heavy atom. The highest BCUT2D eigenvalue weighted by molar-refractivity contribution is 5.31. The molecule has 0 saturated heterocycles. The number of hydrogen-bond acceptors (Lipinski definition) is 2. The highest BCUT2D eigenvalue weighted by Gasteiger charge is 2.37. The van der Waals surface area contributed by atoms with Crippen LogP contribution in [0.5, 0.6) is 5.75 Å². The second kappa shape index (κ2) is 5.96. The summed E-state index contributed by atoms with van der Waals surface area (Å²) >= 11 is 0. The molecule has 2 N–H and O–H groups in total. The number of halogens is 3. The fraction of sp³-hybridized carbons (Fsp3) is 0.200. The summed E-state index contributed by atoms with van der Waals surface area (Å²) in [5, 5.41) is 0. The zero-order valence-electron chi connectivity index (χ0n) is 10.6. The van der Waals surface area contributed by atoms with Gasteiger partial charge in [-0.3, -0.25) is 0 Å². The summed E-state index contributed by atoms with van der Waals surface area (Å²) in [6.07, 6.45) is -4.46. The minimum atomic E-state index is -4.46. The summed E-state index contributed by atoms with van der Waals surface area (Å²) in [5.74, 6) is 0.367. The largest absolute Gasteiger partial charge is 0.489 e. The summed E-state index contributed by atoms with van der Waals surface area (Å²) in [6, 6.07) is 13.2. The SMILES string of the molecule is N[C@@H](c1cccc(OCc2ccccc2)c1)C(F)(F)F. The average Bonchev–Trinajstić information content (AvgIpc) is 2.45. The van der Waals surface area contributed by atoms with Crippen LogP contribution in [0.25, 0.3) is 0 Å². The first-order valence-corrected chi connectivity index (χ1v) is 6.06. The molecule has 0 aliphatic heterocycles. The Morgan fingerprint density at radius 3 is 2.35 bits per heavy atom. The van der Waals surface area contributed by atoms with E-state index in [-0.39, 0.29) is 5.56 Å². The van der Waals surface area contributed by atoms with Gasteiger partial charge in [0.25, 0.3) is 0 Å². The lowest BCUT2D eigenvalue weighted by Crippen LogP contribution is -2.28.